The Balaban J connectivity index is 1.87. The lowest BCUT2D eigenvalue weighted by Gasteiger charge is -2.09. The predicted octanol–water partition coefficient (Wildman–Crippen LogP) is 5.18. The van der Waals surface area contributed by atoms with E-state index in [-0.39, 0.29) is 5.56 Å². The van der Waals surface area contributed by atoms with Crippen LogP contribution in [0.4, 0.5) is 0 Å². The van der Waals surface area contributed by atoms with Crippen molar-refractivity contribution in [1.29, 1.82) is 0 Å². The highest BCUT2D eigenvalue weighted by molar-refractivity contribution is 7.25. The van der Waals surface area contributed by atoms with Gasteiger partial charge in [-0.15, -0.1) is 11.3 Å². The van der Waals surface area contributed by atoms with E-state index in [0.29, 0.717) is 16.0 Å². The number of aromatic nitrogens is 3. The van der Waals surface area contributed by atoms with Gasteiger partial charge in [0.2, 0.25) is 0 Å². The molecule has 0 aliphatic rings. The second-order valence-corrected chi connectivity index (χ2v) is 7.76. The quantitative estimate of drug-likeness (QED) is 0.454. The number of pyridine rings is 1. The summed E-state index contributed by atoms with van der Waals surface area (Å²) in [6.07, 6.45) is 0. The molecule has 0 unspecified atom stereocenters. The molecule has 0 aliphatic heterocycles. The molecular formula is C23H17N3O2S. The van der Waals surface area contributed by atoms with E-state index in [9.17, 15) is 4.79 Å². The molecule has 0 spiro atoms. The number of ether oxygens (including phenoxy) is 1. The molecule has 0 atom stereocenters. The Morgan fingerprint density at radius 3 is 2.45 bits per heavy atom. The molecule has 0 saturated carbocycles. The molecule has 3 heterocycles. The largest absolute Gasteiger partial charge is 0.497 e. The summed E-state index contributed by atoms with van der Waals surface area (Å²) in [5, 5.41) is 0.919. The topological polar surface area (TPSA) is 67.9 Å². The zero-order valence-corrected chi connectivity index (χ0v) is 16.7. The average Bonchev–Trinajstić information content (AvgIpc) is 3.13. The van der Waals surface area contributed by atoms with Crippen LogP contribution >= 0.6 is 11.3 Å². The van der Waals surface area contributed by atoms with Crippen molar-refractivity contribution in [2.75, 3.05) is 7.11 Å². The standard InChI is InChI=1S/C23H17N3O2S/c1-13-24-20-19-17(14-6-4-3-5-7-14)12-18(15-8-10-16(28-2)11-9-15)26-23(19)29-21(20)22(27)25-13/h3-12H,1-2H3,(H,24,25,27). The first kappa shape index (κ1) is 17.6. The van der Waals surface area contributed by atoms with Gasteiger partial charge in [-0.05, 0) is 48.4 Å². The highest BCUT2D eigenvalue weighted by atomic mass is 32.1. The fraction of sp³-hybridized carbons (Fsp3) is 0.0870. The van der Waals surface area contributed by atoms with Gasteiger partial charge in [-0.25, -0.2) is 9.97 Å². The Hall–Kier alpha value is -3.51. The van der Waals surface area contributed by atoms with Crippen molar-refractivity contribution in [1.82, 2.24) is 15.0 Å². The summed E-state index contributed by atoms with van der Waals surface area (Å²) in [4.78, 5) is 25.6. The van der Waals surface area contributed by atoms with Gasteiger partial charge >= 0.3 is 0 Å². The highest BCUT2D eigenvalue weighted by Gasteiger charge is 2.18. The van der Waals surface area contributed by atoms with Gasteiger partial charge in [0.1, 0.15) is 21.1 Å². The maximum Gasteiger partial charge on any atom is 0.268 e. The van der Waals surface area contributed by atoms with Gasteiger partial charge in [0.15, 0.2) is 0 Å². The molecule has 6 heteroatoms. The number of fused-ring (bicyclic) bond motifs is 3. The van der Waals surface area contributed by atoms with E-state index in [0.717, 1.165) is 38.4 Å². The summed E-state index contributed by atoms with van der Waals surface area (Å²) < 4.78 is 5.87. The summed E-state index contributed by atoms with van der Waals surface area (Å²) in [7, 11) is 1.65. The predicted molar refractivity (Wildman–Crippen MR) is 118 cm³/mol. The lowest BCUT2D eigenvalue weighted by atomic mass is 10.00. The average molecular weight is 399 g/mol. The normalized spacial score (nSPS) is 11.2. The first-order valence-corrected chi connectivity index (χ1v) is 10.00. The number of hydrogen-bond acceptors (Lipinski definition) is 5. The number of hydrogen-bond donors (Lipinski definition) is 1. The third-order valence-electron chi connectivity index (χ3n) is 4.89. The molecule has 5 rings (SSSR count). The second-order valence-electron chi connectivity index (χ2n) is 6.76. The van der Waals surface area contributed by atoms with Crippen LogP contribution in [-0.4, -0.2) is 22.1 Å². The molecular weight excluding hydrogens is 382 g/mol. The Kier molecular flexibility index (Phi) is 4.14. The molecule has 142 valence electrons. The molecule has 0 amide bonds. The summed E-state index contributed by atoms with van der Waals surface area (Å²) in [5.74, 6) is 1.40. The van der Waals surface area contributed by atoms with Crippen LogP contribution in [0.25, 0.3) is 42.8 Å². The van der Waals surface area contributed by atoms with Gasteiger partial charge in [-0.1, -0.05) is 30.3 Å². The summed E-state index contributed by atoms with van der Waals surface area (Å²) in [6, 6.07) is 20.0. The first-order chi connectivity index (χ1) is 14.1. The van der Waals surface area contributed by atoms with Crippen LogP contribution in [0.5, 0.6) is 5.75 Å². The van der Waals surface area contributed by atoms with Gasteiger partial charge < -0.3 is 9.72 Å². The minimum absolute atomic E-state index is 0.125. The number of aromatic amines is 1. The Bertz CT molecular complexity index is 1400. The van der Waals surface area contributed by atoms with Crippen molar-refractivity contribution in [3.05, 3.63) is 76.8 Å². The van der Waals surface area contributed by atoms with E-state index in [2.05, 4.69) is 28.2 Å². The number of benzene rings is 2. The number of H-pyrrole nitrogens is 1. The molecule has 2 aromatic carbocycles. The van der Waals surface area contributed by atoms with Crippen molar-refractivity contribution < 1.29 is 4.74 Å². The van der Waals surface area contributed by atoms with E-state index in [1.165, 1.54) is 11.3 Å². The van der Waals surface area contributed by atoms with Crippen LogP contribution in [-0.2, 0) is 0 Å². The third-order valence-corrected chi connectivity index (χ3v) is 5.96. The molecule has 3 aromatic heterocycles. The van der Waals surface area contributed by atoms with Crippen molar-refractivity contribution in [2.24, 2.45) is 0 Å². The summed E-state index contributed by atoms with van der Waals surface area (Å²) in [5.41, 5.74) is 4.50. The molecule has 29 heavy (non-hydrogen) atoms. The van der Waals surface area contributed by atoms with Crippen LogP contribution in [0.1, 0.15) is 5.82 Å². The van der Waals surface area contributed by atoms with E-state index >= 15 is 0 Å². The molecule has 1 N–H and O–H groups in total. The Morgan fingerprint density at radius 2 is 1.72 bits per heavy atom. The van der Waals surface area contributed by atoms with Gasteiger partial charge in [0.25, 0.3) is 5.56 Å². The van der Waals surface area contributed by atoms with Crippen molar-refractivity contribution in [3.63, 3.8) is 0 Å². The van der Waals surface area contributed by atoms with Gasteiger partial charge in [0.05, 0.1) is 18.3 Å². The number of methoxy groups -OCH3 is 1. The SMILES string of the molecule is COc1ccc(-c2cc(-c3ccccc3)c3c(n2)sc2c(=O)[nH]c(C)nc23)cc1. The zero-order chi connectivity index (χ0) is 20.0. The first-order valence-electron chi connectivity index (χ1n) is 9.18. The van der Waals surface area contributed by atoms with Gasteiger partial charge in [-0.2, -0.15) is 0 Å². The maximum absolute atomic E-state index is 12.5. The van der Waals surface area contributed by atoms with Crippen LogP contribution < -0.4 is 10.3 Å². The fourth-order valence-electron chi connectivity index (χ4n) is 3.52. The van der Waals surface area contributed by atoms with Gasteiger partial charge in [-0.3, -0.25) is 4.79 Å². The van der Waals surface area contributed by atoms with E-state index in [1.54, 1.807) is 14.0 Å². The lowest BCUT2D eigenvalue weighted by molar-refractivity contribution is 0.415. The monoisotopic (exact) mass is 399 g/mol. The van der Waals surface area contributed by atoms with Crippen LogP contribution in [0.3, 0.4) is 0 Å². The molecule has 0 radical (unpaired) electrons. The fourth-order valence-corrected chi connectivity index (χ4v) is 4.55. The second kappa shape index (κ2) is 6.83. The maximum atomic E-state index is 12.5. The molecule has 0 fully saturated rings. The minimum atomic E-state index is -0.125. The third kappa shape index (κ3) is 2.98. The van der Waals surface area contributed by atoms with Crippen molar-refractivity contribution in [3.8, 4) is 28.1 Å². The van der Waals surface area contributed by atoms with Crippen LogP contribution in [0.15, 0.2) is 65.5 Å². The smallest absolute Gasteiger partial charge is 0.268 e. The number of rotatable bonds is 3. The van der Waals surface area contributed by atoms with E-state index < -0.39 is 0 Å². The number of thiophene rings is 1. The number of aryl methyl sites for hydroxylation is 1. The zero-order valence-electron chi connectivity index (χ0n) is 15.9. The highest BCUT2D eigenvalue weighted by Crippen LogP contribution is 2.39. The number of nitrogens with zero attached hydrogens (tertiary/aromatic N) is 2. The van der Waals surface area contributed by atoms with E-state index in [1.807, 2.05) is 42.5 Å². The summed E-state index contributed by atoms with van der Waals surface area (Å²) >= 11 is 1.38. The van der Waals surface area contributed by atoms with E-state index in [4.69, 9.17) is 9.72 Å². The molecule has 5 nitrogen and oxygen atoms in total. The van der Waals surface area contributed by atoms with Crippen molar-refractivity contribution >= 4 is 31.8 Å². The minimum Gasteiger partial charge on any atom is -0.497 e. The molecule has 5 aromatic rings. The molecule has 0 saturated heterocycles. The Labute approximate surface area is 170 Å². The number of nitrogens with one attached hydrogen (secondary N) is 1. The van der Waals surface area contributed by atoms with Crippen LogP contribution in [0.2, 0.25) is 0 Å². The Morgan fingerprint density at radius 1 is 0.966 bits per heavy atom. The lowest BCUT2D eigenvalue weighted by Crippen LogP contribution is -2.07. The van der Waals surface area contributed by atoms with Crippen LogP contribution in [0, 0.1) is 6.92 Å². The molecule has 0 aliphatic carbocycles. The van der Waals surface area contributed by atoms with Gasteiger partial charge in [0, 0.05) is 10.9 Å². The summed E-state index contributed by atoms with van der Waals surface area (Å²) in [6.45, 7) is 1.80. The molecule has 0 bridgehead atoms. The van der Waals surface area contributed by atoms with Crippen molar-refractivity contribution in [2.45, 2.75) is 6.92 Å².